The van der Waals surface area contributed by atoms with Crippen molar-refractivity contribution < 1.29 is 19.1 Å². The number of anilines is 2. The van der Waals surface area contributed by atoms with E-state index in [1.807, 2.05) is 31.7 Å². The number of ether oxygens (including phenoxy) is 2. The Hall–Kier alpha value is -2.35. The molecule has 0 bridgehead atoms. The fourth-order valence-corrected chi connectivity index (χ4v) is 4.25. The summed E-state index contributed by atoms with van der Waals surface area (Å²) in [5.41, 5.74) is 1.32. The maximum atomic E-state index is 12.7. The number of piperazine rings is 1. The Labute approximate surface area is 165 Å². The number of carbonyl (C=O) groups is 2. The minimum atomic E-state index is -0.526. The summed E-state index contributed by atoms with van der Waals surface area (Å²) in [6.45, 7) is 10.9. The number of fused-ring (bicyclic) bond motifs is 1. The molecule has 1 spiro atoms. The maximum absolute atomic E-state index is 12.7. The highest BCUT2D eigenvalue weighted by molar-refractivity contribution is 5.93. The van der Waals surface area contributed by atoms with Gasteiger partial charge in [0.25, 0.3) is 0 Å². The highest BCUT2D eigenvalue weighted by Gasteiger charge is 2.51. The number of hydrogen-bond donors (Lipinski definition) is 0. The Morgan fingerprint density at radius 1 is 1.21 bits per heavy atom. The molecule has 152 valence electrons. The first-order valence-corrected chi connectivity index (χ1v) is 9.79. The zero-order valence-corrected chi connectivity index (χ0v) is 17.0. The van der Waals surface area contributed by atoms with Crippen molar-refractivity contribution in [3.05, 3.63) is 17.8 Å². The van der Waals surface area contributed by atoms with Crippen LogP contribution in [0.4, 0.5) is 16.3 Å². The molecule has 2 fully saturated rings. The molecular weight excluding hydrogens is 360 g/mol. The summed E-state index contributed by atoms with van der Waals surface area (Å²) in [7, 11) is 0. The molecule has 3 aliphatic heterocycles. The Kier molecular flexibility index (Phi) is 4.49. The molecule has 8 nitrogen and oxygen atoms in total. The summed E-state index contributed by atoms with van der Waals surface area (Å²) in [6.07, 6.45) is 2.28. The molecule has 0 atom stereocenters. The Bertz CT molecular complexity index is 800. The second-order valence-corrected chi connectivity index (χ2v) is 8.82. The molecule has 8 heteroatoms. The van der Waals surface area contributed by atoms with E-state index in [1.54, 1.807) is 18.0 Å². The lowest BCUT2D eigenvalue weighted by molar-refractivity contribution is -0.138. The molecule has 2 amide bonds. The summed E-state index contributed by atoms with van der Waals surface area (Å²) >= 11 is 0. The third-order valence-electron chi connectivity index (χ3n) is 5.58. The van der Waals surface area contributed by atoms with E-state index in [-0.39, 0.29) is 17.5 Å². The molecule has 2 saturated heterocycles. The maximum Gasteiger partial charge on any atom is 0.411 e. The highest BCUT2D eigenvalue weighted by Crippen LogP contribution is 2.38. The monoisotopic (exact) mass is 388 g/mol. The minimum Gasteiger partial charge on any atom is -0.444 e. The van der Waals surface area contributed by atoms with Gasteiger partial charge in [0.05, 0.1) is 13.2 Å². The lowest BCUT2D eigenvalue weighted by Gasteiger charge is -2.55. The minimum absolute atomic E-state index is 0.0157. The standard InChI is InChI=1S/C20H28N4O4/c1-14(25)23-8-6-15-16(5-7-21-17(15)23)22-9-10-24(18(26)28-19(2,3)4)20(11-22)12-27-13-20/h5,7H,6,8-13H2,1-4H3. The predicted molar refractivity (Wildman–Crippen MR) is 105 cm³/mol. The first-order chi connectivity index (χ1) is 13.2. The lowest BCUT2D eigenvalue weighted by atomic mass is 9.91. The molecule has 3 aliphatic rings. The van der Waals surface area contributed by atoms with E-state index in [4.69, 9.17) is 9.47 Å². The number of pyridine rings is 1. The molecule has 0 radical (unpaired) electrons. The topological polar surface area (TPSA) is 75.2 Å². The Morgan fingerprint density at radius 2 is 1.96 bits per heavy atom. The number of carbonyl (C=O) groups excluding carboxylic acids is 2. The van der Waals surface area contributed by atoms with Gasteiger partial charge in [0.2, 0.25) is 5.91 Å². The third kappa shape index (κ3) is 3.19. The van der Waals surface area contributed by atoms with Crippen LogP contribution in [0.25, 0.3) is 0 Å². The van der Waals surface area contributed by atoms with Crippen LogP contribution in [0, 0.1) is 0 Å². The molecule has 0 aliphatic carbocycles. The van der Waals surface area contributed by atoms with Gasteiger partial charge in [-0.2, -0.15) is 0 Å². The molecular formula is C20H28N4O4. The van der Waals surface area contributed by atoms with Gasteiger partial charge in [0.15, 0.2) is 0 Å². The SMILES string of the molecule is CC(=O)N1CCc2c(N3CCN(C(=O)OC(C)(C)C)C4(COC4)C3)ccnc21. The molecule has 4 heterocycles. The lowest BCUT2D eigenvalue weighted by Crippen LogP contribution is -2.73. The van der Waals surface area contributed by atoms with E-state index >= 15 is 0 Å². The average molecular weight is 388 g/mol. The van der Waals surface area contributed by atoms with Crippen LogP contribution in [-0.2, 0) is 20.7 Å². The van der Waals surface area contributed by atoms with Gasteiger partial charge in [0, 0.05) is 50.6 Å². The third-order valence-corrected chi connectivity index (χ3v) is 5.58. The largest absolute Gasteiger partial charge is 0.444 e. The first-order valence-electron chi connectivity index (χ1n) is 9.79. The number of rotatable bonds is 1. The van der Waals surface area contributed by atoms with E-state index in [1.165, 1.54) is 0 Å². The Balaban J connectivity index is 1.57. The normalized spacial score (nSPS) is 20.8. The summed E-state index contributed by atoms with van der Waals surface area (Å²) < 4.78 is 11.1. The van der Waals surface area contributed by atoms with Gasteiger partial charge < -0.3 is 14.4 Å². The van der Waals surface area contributed by atoms with Crippen LogP contribution in [0.1, 0.15) is 33.3 Å². The highest BCUT2D eigenvalue weighted by atomic mass is 16.6. The van der Waals surface area contributed by atoms with Crippen molar-refractivity contribution in [2.24, 2.45) is 0 Å². The average Bonchev–Trinajstić information content (AvgIpc) is 3.02. The van der Waals surface area contributed by atoms with E-state index < -0.39 is 5.60 Å². The fourth-order valence-electron chi connectivity index (χ4n) is 4.25. The zero-order valence-electron chi connectivity index (χ0n) is 17.0. The number of hydrogen-bond acceptors (Lipinski definition) is 6. The van der Waals surface area contributed by atoms with E-state index in [2.05, 4.69) is 9.88 Å². The van der Waals surface area contributed by atoms with Gasteiger partial charge in [0.1, 0.15) is 17.0 Å². The molecule has 0 unspecified atom stereocenters. The van der Waals surface area contributed by atoms with Crippen LogP contribution in [0.3, 0.4) is 0 Å². The predicted octanol–water partition coefficient (Wildman–Crippen LogP) is 1.82. The molecule has 4 rings (SSSR count). The van der Waals surface area contributed by atoms with Crippen LogP contribution in [0.15, 0.2) is 12.3 Å². The number of amides is 2. The molecule has 28 heavy (non-hydrogen) atoms. The van der Waals surface area contributed by atoms with Crippen LogP contribution in [0.2, 0.25) is 0 Å². The fraction of sp³-hybridized carbons (Fsp3) is 0.650. The van der Waals surface area contributed by atoms with Crippen molar-refractivity contribution in [2.45, 2.75) is 45.3 Å². The molecule has 1 aromatic heterocycles. The summed E-state index contributed by atoms with van der Waals surface area (Å²) in [4.78, 5) is 34.9. The van der Waals surface area contributed by atoms with Crippen molar-refractivity contribution in [1.29, 1.82) is 0 Å². The van der Waals surface area contributed by atoms with Gasteiger partial charge in [-0.15, -0.1) is 0 Å². The number of nitrogens with zero attached hydrogens (tertiary/aromatic N) is 4. The van der Waals surface area contributed by atoms with Gasteiger partial charge >= 0.3 is 6.09 Å². The summed E-state index contributed by atoms with van der Waals surface area (Å²) in [5.74, 6) is 0.778. The van der Waals surface area contributed by atoms with Gasteiger partial charge in [-0.3, -0.25) is 14.6 Å². The first kappa shape index (κ1) is 19.0. The van der Waals surface area contributed by atoms with Crippen LogP contribution in [-0.4, -0.2) is 72.4 Å². The Morgan fingerprint density at radius 3 is 2.57 bits per heavy atom. The van der Waals surface area contributed by atoms with Crippen LogP contribution < -0.4 is 9.80 Å². The van der Waals surface area contributed by atoms with E-state index in [9.17, 15) is 9.59 Å². The second kappa shape index (κ2) is 6.62. The van der Waals surface area contributed by atoms with Gasteiger partial charge in [-0.25, -0.2) is 9.78 Å². The van der Waals surface area contributed by atoms with Crippen molar-refractivity contribution in [2.75, 3.05) is 49.2 Å². The molecule has 0 N–H and O–H groups in total. The second-order valence-electron chi connectivity index (χ2n) is 8.82. The molecule has 0 aromatic carbocycles. The van der Waals surface area contributed by atoms with Crippen molar-refractivity contribution >= 4 is 23.5 Å². The van der Waals surface area contributed by atoms with Crippen LogP contribution in [0.5, 0.6) is 0 Å². The number of aromatic nitrogens is 1. The van der Waals surface area contributed by atoms with Gasteiger partial charge in [-0.1, -0.05) is 0 Å². The van der Waals surface area contributed by atoms with Crippen molar-refractivity contribution in [3.8, 4) is 0 Å². The molecule has 1 aromatic rings. The quantitative estimate of drug-likeness (QED) is 0.731. The van der Waals surface area contributed by atoms with Crippen molar-refractivity contribution in [1.82, 2.24) is 9.88 Å². The summed E-state index contributed by atoms with van der Waals surface area (Å²) in [5, 5.41) is 0. The van der Waals surface area contributed by atoms with E-state index in [0.717, 1.165) is 23.5 Å². The smallest absolute Gasteiger partial charge is 0.411 e. The zero-order chi connectivity index (χ0) is 20.1. The summed E-state index contributed by atoms with van der Waals surface area (Å²) in [6, 6.07) is 2.01. The van der Waals surface area contributed by atoms with Crippen molar-refractivity contribution in [3.63, 3.8) is 0 Å². The van der Waals surface area contributed by atoms with Crippen LogP contribution >= 0.6 is 0 Å². The van der Waals surface area contributed by atoms with E-state index in [0.29, 0.717) is 39.4 Å². The molecule has 0 saturated carbocycles. The van der Waals surface area contributed by atoms with Gasteiger partial charge in [-0.05, 0) is 33.3 Å².